The summed E-state index contributed by atoms with van der Waals surface area (Å²) in [4.78, 5) is 35.2. The quantitative estimate of drug-likeness (QED) is 0.393. The number of carbonyl (C=O) groups is 1. The molecule has 7 rings (SSSR count). The van der Waals surface area contributed by atoms with Crippen molar-refractivity contribution in [3.8, 4) is 0 Å². The summed E-state index contributed by atoms with van der Waals surface area (Å²) in [5.41, 5.74) is 1.77. The molecule has 5 heterocycles. The zero-order chi connectivity index (χ0) is 33.0. The Morgan fingerprint density at radius 1 is 1.11 bits per heavy atom. The molecule has 5 fully saturated rings. The number of thioether (sulfide) groups is 1. The van der Waals surface area contributed by atoms with Crippen LogP contribution in [0.2, 0.25) is 0 Å². The van der Waals surface area contributed by atoms with Gasteiger partial charge in [-0.15, -0.1) is 11.6 Å². The molecule has 0 aromatic carbocycles. The maximum Gasteiger partial charge on any atom is 0.308 e. The molecule has 6 aliphatic rings. The fraction of sp³-hybridized carbons (Fsp3) is 0.853. The van der Waals surface area contributed by atoms with E-state index in [1.165, 1.54) is 0 Å². The van der Waals surface area contributed by atoms with Crippen molar-refractivity contribution in [2.45, 2.75) is 125 Å². The lowest BCUT2D eigenvalue weighted by atomic mass is 9.70. The molecule has 9 atom stereocenters. The highest BCUT2D eigenvalue weighted by Gasteiger charge is 2.52. The van der Waals surface area contributed by atoms with E-state index in [1.807, 2.05) is 11.8 Å². The molecule has 0 amide bonds. The Hall–Kier alpha value is -1.31. The van der Waals surface area contributed by atoms with Crippen molar-refractivity contribution < 1.29 is 23.4 Å². The first kappa shape index (κ1) is 34.2. The number of aromatic nitrogens is 2. The third-order valence-corrected chi connectivity index (χ3v) is 14.1. The lowest BCUT2D eigenvalue weighted by Gasteiger charge is -2.48. The van der Waals surface area contributed by atoms with Gasteiger partial charge in [0.25, 0.3) is 11.5 Å². The molecule has 8 unspecified atom stereocenters. The monoisotopic (exact) mass is 697 g/mol. The number of alkyl halides is 3. The number of carboxylic acid groups (broad SMARTS) is 1. The van der Waals surface area contributed by atoms with Crippen LogP contribution in [0.1, 0.15) is 69.0 Å². The molecule has 1 aromatic heterocycles. The molecule has 2 aliphatic carbocycles. The molecule has 1 saturated carbocycles. The SMILES string of the molecule is Cc1nc2c(c(=O)n1CCOC1CCC(Cl)CC1C1CC(C)NC3C(C(=O)O)CSC13)C[C@@H](N1CCC(N3CC(F)(F)C3)CC1)CC2. The van der Waals surface area contributed by atoms with Crippen LogP contribution in [0.25, 0.3) is 0 Å². The van der Waals surface area contributed by atoms with Gasteiger partial charge in [-0.25, -0.2) is 13.8 Å². The summed E-state index contributed by atoms with van der Waals surface area (Å²) in [6.45, 7) is 6.47. The standard InChI is InChI=1S/C34H50ClF2N5O4S/c1-19-13-25(31-30(38-19)27(16-47-31)33(44)45)24-14-21(35)3-6-29(24)46-12-11-42-20(2)39-28-5-4-23(15-26(28)32(42)43)40-9-7-22(8-10-40)41-17-34(36,37)18-41/h19,21-25,27,29-31,38H,3-18H2,1-2H3,(H,44,45)/t19?,21?,23-,24?,25?,27?,29?,30?,31?/m0/s1. The lowest BCUT2D eigenvalue weighted by Crippen LogP contribution is -2.62. The zero-order valence-corrected chi connectivity index (χ0v) is 29.2. The van der Waals surface area contributed by atoms with Gasteiger partial charge in [0.15, 0.2) is 0 Å². The summed E-state index contributed by atoms with van der Waals surface area (Å²) in [5.74, 6) is -1.67. The van der Waals surface area contributed by atoms with Crippen LogP contribution in [0.3, 0.4) is 0 Å². The van der Waals surface area contributed by atoms with Crippen molar-refractivity contribution in [1.82, 2.24) is 24.7 Å². The molecule has 262 valence electrons. The van der Waals surface area contributed by atoms with Crippen LogP contribution in [0.5, 0.6) is 0 Å². The van der Waals surface area contributed by atoms with Gasteiger partial charge in [-0.2, -0.15) is 11.8 Å². The second-order valence-corrected chi connectivity index (χ2v) is 17.0. The van der Waals surface area contributed by atoms with E-state index in [2.05, 4.69) is 17.1 Å². The van der Waals surface area contributed by atoms with Crippen LogP contribution < -0.4 is 10.9 Å². The zero-order valence-electron chi connectivity index (χ0n) is 27.6. The van der Waals surface area contributed by atoms with E-state index < -0.39 is 11.9 Å². The van der Waals surface area contributed by atoms with Crippen LogP contribution >= 0.6 is 23.4 Å². The topological polar surface area (TPSA) is 99.9 Å². The van der Waals surface area contributed by atoms with Crippen LogP contribution in [0, 0.1) is 24.7 Å². The number of halogens is 3. The van der Waals surface area contributed by atoms with Crippen LogP contribution in [-0.4, -0.2) is 116 Å². The summed E-state index contributed by atoms with van der Waals surface area (Å²) >= 11 is 8.54. The minimum atomic E-state index is -2.52. The Labute approximate surface area is 285 Å². The van der Waals surface area contributed by atoms with Gasteiger partial charge in [-0.1, -0.05) is 0 Å². The van der Waals surface area contributed by atoms with Crippen LogP contribution in [0.4, 0.5) is 8.78 Å². The van der Waals surface area contributed by atoms with E-state index in [-0.39, 0.29) is 71.4 Å². The smallest absolute Gasteiger partial charge is 0.308 e. The highest BCUT2D eigenvalue weighted by Crippen LogP contribution is 2.48. The molecule has 4 aliphatic heterocycles. The Kier molecular flexibility index (Phi) is 10.0. The van der Waals surface area contributed by atoms with Crippen molar-refractivity contribution in [2.24, 2.45) is 17.8 Å². The third kappa shape index (κ3) is 7.02. The predicted molar refractivity (Wildman–Crippen MR) is 179 cm³/mol. The van der Waals surface area contributed by atoms with Gasteiger partial charge in [0.1, 0.15) is 5.82 Å². The average Bonchev–Trinajstić information content (AvgIpc) is 3.46. The number of carboxylic acids is 1. The molecule has 1 aromatic rings. The fourth-order valence-corrected chi connectivity index (χ4v) is 11.9. The Balaban J connectivity index is 0.981. The molecule has 2 N–H and O–H groups in total. The van der Waals surface area contributed by atoms with Crippen molar-refractivity contribution in [1.29, 1.82) is 0 Å². The highest BCUT2D eigenvalue weighted by atomic mass is 35.5. The summed E-state index contributed by atoms with van der Waals surface area (Å²) in [7, 11) is 0. The normalized spacial score (nSPS) is 38.0. The van der Waals surface area contributed by atoms with Gasteiger partial charge in [0.2, 0.25) is 0 Å². The number of hydrogen-bond acceptors (Lipinski definition) is 8. The fourth-order valence-electron chi connectivity index (χ4n) is 9.72. The lowest BCUT2D eigenvalue weighted by molar-refractivity contribution is -0.152. The first-order valence-electron chi connectivity index (χ1n) is 17.8. The van der Waals surface area contributed by atoms with Gasteiger partial charge < -0.3 is 15.2 Å². The van der Waals surface area contributed by atoms with Gasteiger partial charge >= 0.3 is 5.97 Å². The molecule has 0 radical (unpaired) electrons. The van der Waals surface area contributed by atoms with Gasteiger partial charge in [-0.05, 0) is 96.6 Å². The molecule has 0 bridgehead atoms. The van der Waals surface area contributed by atoms with Gasteiger partial charge in [-0.3, -0.25) is 24.0 Å². The highest BCUT2D eigenvalue weighted by molar-refractivity contribution is 8.00. The van der Waals surface area contributed by atoms with Crippen molar-refractivity contribution in [3.05, 3.63) is 27.4 Å². The molecular weight excluding hydrogens is 648 g/mol. The van der Waals surface area contributed by atoms with Crippen LogP contribution in [-0.2, 0) is 28.9 Å². The third-order valence-electron chi connectivity index (χ3n) is 12.2. The number of likely N-dealkylation sites (tertiary alicyclic amines) is 2. The molecule has 47 heavy (non-hydrogen) atoms. The first-order chi connectivity index (χ1) is 22.5. The molecule has 4 saturated heterocycles. The minimum absolute atomic E-state index is 0.0295. The summed E-state index contributed by atoms with van der Waals surface area (Å²) < 4.78 is 35.2. The van der Waals surface area contributed by atoms with Gasteiger partial charge in [0, 0.05) is 46.1 Å². The number of piperidine rings is 2. The van der Waals surface area contributed by atoms with Crippen molar-refractivity contribution in [3.63, 3.8) is 0 Å². The maximum atomic E-state index is 13.9. The van der Waals surface area contributed by atoms with Crippen LogP contribution in [0.15, 0.2) is 4.79 Å². The maximum absolute atomic E-state index is 13.9. The number of aryl methyl sites for hydroxylation is 2. The van der Waals surface area contributed by atoms with Crippen molar-refractivity contribution >= 4 is 29.3 Å². The number of rotatable bonds is 8. The average molecular weight is 698 g/mol. The second-order valence-electron chi connectivity index (χ2n) is 15.2. The van der Waals surface area contributed by atoms with Crippen molar-refractivity contribution in [2.75, 3.05) is 38.5 Å². The number of nitrogens with zero attached hydrogens (tertiary/aromatic N) is 4. The van der Waals surface area contributed by atoms with E-state index in [0.717, 1.165) is 81.5 Å². The summed E-state index contributed by atoms with van der Waals surface area (Å²) in [6, 6.07) is 0.722. The molecule has 0 spiro atoms. The predicted octanol–water partition coefficient (Wildman–Crippen LogP) is 3.80. The Bertz CT molecular complexity index is 1370. The minimum Gasteiger partial charge on any atom is -0.481 e. The number of fused-ring (bicyclic) bond motifs is 2. The number of hydrogen-bond donors (Lipinski definition) is 2. The van der Waals surface area contributed by atoms with E-state index >= 15 is 0 Å². The molecule has 13 heteroatoms. The van der Waals surface area contributed by atoms with E-state index in [1.54, 1.807) is 16.3 Å². The Morgan fingerprint density at radius 3 is 2.60 bits per heavy atom. The molecule has 9 nitrogen and oxygen atoms in total. The van der Waals surface area contributed by atoms with E-state index in [4.69, 9.17) is 21.3 Å². The second kappa shape index (κ2) is 13.8. The number of aliphatic carboxylic acids is 1. The Morgan fingerprint density at radius 2 is 1.87 bits per heavy atom. The largest absolute Gasteiger partial charge is 0.481 e. The van der Waals surface area contributed by atoms with Gasteiger partial charge in [0.05, 0.1) is 44.0 Å². The first-order valence-corrected chi connectivity index (χ1v) is 19.3. The van der Waals surface area contributed by atoms with E-state index in [0.29, 0.717) is 31.2 Å². The number of nitrogens with one attached hydrogen (secondary N) is 1. The summed E-state index contributed by atoms with van der Waals surface area (Å²) in [5, 5.41) is 13.8. The number of ether oxygens (including phenoxy) is 1. The molecular formula is C34H50ClF2N5O4S. The summed E-state index contributed by atoms with van der Waals surface area (Å²) in [6.07, 6.45) is 7.87. The van der Waals surface area contributed by atoms with E-state index in [9.17, 15) is 23.5 Å².